The molecule has 0 aliphatic carbocycles. The number of nitrogens with zero attached hydrogens (tertiary/aromatic N) is 2. The van der Waals surface area contributed by atoms with Gasteiger partial charge in [-0.25, -0.2) is 0 Å². The molecule has 2 N–H and O–H groups in total. The van der Waals surface area contributed by atoms with Crippen LogP contribution in [0.25, 0.3) is 10.9 Å². The van der Waals surface area contributed by atoms with Gasteiger partial charge in [-0.05, 0) is 25.0 Å². The molecule has 1 aliphatic heterocycles. The predicted octanol–water partition coefficient (Wildman–Crippen LogP) is 2.22. The lowest BCUT2D eigenvalue weighted by Crippen LogP contribution is -2.55. The van der Waals surface area contributed by atoms with Crippen LogP contribution in [0.3, 0.4) is 0 Å². The Bertz CT molecular complexity index is 733. The zero-order valence-corrected chi connectivity index (χ0v) is 14.0. The van der Waals surface area contributed by atoms with Crippen LogP contribution in [0.2, 0.25) is 0 Å². The van der Waals surface area contributed by atoms with Gasteiger partial charge in [0.25, 0.3) is 5.91 Å². The largest absolute Gasteiger partial charge is 0.396 e. The summed E-state index contributed by atoms with van der Waals surface area (Å²) < 4.78 is 0. The van der Waals surface area contributed by atoms with Gasteiger partial charge in [0.2, 0.25) is 0 Å². The molecule has 0 bridgehead atoms. The number of carbonyl (C=O) groups excluding carboxylic acids is 1. The first-order chi connectivity index (χ1) is 11.6. The van der Waals surface area contributed by atoms with Crippen molar-refractivity contribution in [2.24, 2.45) is 5.41 Å². The fraction of sp³-hybridized carbons (Fsp3) is 0.474. The van der Waals surface area contributed by atoms with Gasteiger partial charge < -0.3 is 15.1 Å². The first kappa shape index (κ1) is 16.9. The lowest BCUT2D eigenvalue weighted by Gasteiger charge is -2.45. The SMILES string of the molecule is CCC[C@@]1(CO)CN(C(=O)c2cnc3ccccc3c2)CC[C@H]1O. The smallest absolute Gasteiger partial charge is 0.255 e. The maximum Gasteiger partial charge on any atom is 0.255 e. The number of piperidine rings is 1. The van der Waals surface area contributed by atoms with E-state index < -0.39 is 11.5 Å². The molecule has 1 saturated heterocycles. The van der Waals surface area contributed by atoms with Crippen molar-refractivity contribution < 1.29 is 15.0 Å². The Balaban J connectivity index is 1.85. The van der Waals surface area contributed by atoms with Crippen molar-refractivity contribution in [2.75, 3.05) is 19.7 Å². The summed E-state index contributed by atoms with van der Waals surface area (Å²) in [4.78, 5) is 19.0. The molecule has 2 atom stereocenters. The molecule has 0 radical (unpaired) electrons. The van der Waals surface area contributed by atoms with Crippen LogP contribution in [0, 0.1) is 5.41 Å². The molecule has 1 fully saturated rings. The van der Waals surface area contributed by atoms with Gasteiger partial charge in [-0.15, -0.1) is 0 Å². The van der Waals surface area contributed by atoms with E-state index in [0.29, 0.717) is 31.5 Å². The van der Waals surface area contributed by atoms with E-state index in [2.05, 4.69) is 4.98 Å². The molecule has 3 rings (SSSR count). The lowest BCUT2D eigenvalue weighted by molar-refractivity contribution is -0.0720. The second-order valence-electron chi connectivity index (χ2n) is 6.72. The molecule has 1 aromatic carbocycles. The summed E-state index contributed by atoms with van der Waals surface area (Å²) in [7, 11) is 0. The van der Waals surface area contributed by atoms with Crippen molar-refractivity contribution in [3.63, 3.8) is 0 Å². The van der Waals surface area contributed by atoms with E-state index >= 15 is 0 Å². The van der Waals surface area contributed by atoms with Crippen LogP contribution < -0.4 is 0 Å². The van der Waals surface area contributed by atoms with Gasteiger partial charge in [-0.3, -0.25) is 9.78 Å². The quantitative estimate of drug-likeness (QED) is 0.902. The van der Waals surface area contributed by atoms with Crippen molar-refractivity contribution in [2.45, 2.75) is 32.3 Å². The van der Waals surface area contributed by atoms with Gasteiger partial charge in [0, 0.05) is 30.1 Å². The first-order valence-electron chi connectivity index (χ1n) is 8.52. The molecule has 5 heteroatoms. The monoisotopic (exact) mass is 328 g/mol. The molecule has 1 aromatic heterocycles. The first-order valence-corrected chi connectivity index (χ1v) is 8.52. The van der Waals surface area contributed by atoms with Crippen molar-refractivity contribution in [1.82, 2.24) is 9.88 Å². The van der Waals surface area contributed by atoms with E-state index in [1.165, 1.54) is 0 Å². The van der Waals surface area contributed by atoms with E-state index in [1.807, 2.05) is 37.3 Å². The highest BCUT2D eigenvalue weighted by Gasteiger charge is 2.43. The highest BCUT2D eigenvalue weighted by molar-refractivity contribution is 5.97. The Labute approximate surface area is 141 Å². The number of pyridine rings is 1. The van der Waals surface area contributed by atoms with E-state index in [1.54, 1.807) is 11.1 Å². The Morgan fingerprint density at radius 2 is 2.21 bits per heavy atom. The van der Waals surface area contributed by atoms with Gasteiger partial charge in [0.05, 0.1) is 23.8 Å². The number of amides is 1. The Morgan fingerprint density at radius 1 is 1.42 bits per heavy atom. The van der Waals surface area contributed by atoms with Crippen LogP contribution in [0.15, 0.2) is 36.5 Å². The van der Waals surface area contributed by atoms with Crippen LogP contribution in [-0.4, -0.2) is 51.8 Å². The van der Waals surface area contributed by atoms with E-state index in [0.717, 1.165) is 17.3 Å². The topological polar surface area (TPSA) is 73.7 Å². The molecule has 24 heavy (non-hydrogen) atoms. The number of hydrogen-bond acceptors (Lipinski definition) is 4. The summed E-state index contributed by atoms with van der Waals surface area (Å²) in [6.07, 6.45) is 3.09. The Hall–Kier alpha value is -1.98. The van der Waals surface area contributed by atoms with Crippen LogP contribution in [0.5, 0.6) is 0 Å². The van der Waals surface area contributed by atoms with Crippen LogP contribution >= 0.6 is 0 Å². The zero-order chi connectivity index (χ0) is 17.2. The molecule has 0 spiro atoms. The molecular formula is C19H24N2O3. The Morgan fingerprint density at radius 3 is 2.96 bits per heavy atom. The molecule has 2 aromatic rings. The molecule has 0 unspecified atom stereocenters. The Kier molecular flexibility index (Phi) is 4.83. The molecule has 5 nitrogen and oxygen atoms in total. The summed E-state index contributed by atoms with van der Waals surface area (Å²) in [5.41, 5.74) is 0.791. The van der Waals surface area contributed by atoms with Gasteiger partial charge >= 0.3 is 0 Å². The lowest BCUT2D eigenvalue weighted by atomic mass is 9.74. The number of benzene rings is 1. The summed E-state index contributed by atoms with van der Waals surface area (Å²) >= 11 is 0. The second-order valence-corrected chi connectivity index (χ2v) is 6.72. The number of aliphatic hydroxyl groups is 2. The van der Waals surface area contributed by atoms with Gasteiger partial charge in [0.1, 0.15) is 0 Å². The minimum atomic E-state index is -0.618. The maximum absolute atomic E-state index is 12.9. The summed E-state index contributed by atoms with van der Waals surface area (Å²) in [5.74, 6) is -0.0888. The molecule has 128 valence electrons. The van der Waals surface area contributed by atoms with Gasteiger partial charge in [-0.1, -0.05) is 31.5 Å². The number of aliphatic hydroxyl groups excluding tert-OH is 2. The number of aromatic nitrogens is 1. The minimum absolute atomic E-state index is 0.0888. The number of fused-ring (bicyclic) bond motifs is 1. The number of rotatable bonds is 4. The van der Waals surface area contributed by atoms with Crippen molar-refractivity contribution in [3.8, 4) is 0 Å². The normalized spacial score (nSPS) is 24.3. The number of hydrogen-bond donors (Lipinski definition) is 2. The molecule has 1 amide bonds. The third kappa shape index (κ3) is 3.01. The molecule has 0 saturated carbocycles. The molecule has 2 heterocycles. The molecule has 1 aliphatic rings. The van der Waals surface area contributed by atoms with E-state index in [9.17, 15) is 15.0 Å². The van der Waals surface area contributed by atoms with Crippen molar-refractivity contribution >= 4 is 16.8 Å². The average Bonchev–Trinajstić information content (AvgIpc) is 2.62. The van der Waals surface area contributed by atoms with E-state index in [4.69, 9.17) is 0 Å². The second kappa shape index (κ2) is 6.87. The molecular weight excluding hydrogens is 304 g/mol. The van der Waals surface area contributed by atoms with Crippen LogP contribution in [0.4, 0.5) is 0 Å². The predicted molar refractivity (Wildman–Crippen MR) is 92.7 cm³/mol. The van der Waals surface area contributed by atoms with Crippen LogP contribution in [0.1, 0.15) is 36.5 Å². The number of likely N-dealkylation sites (tertiary alicyclic amines) is 1. The third-order valence-electron chi connectivity index (χ3n) is 5.07. The van der Waals surface area contributed by atoms with Crippen molar-refractivity contribution in [1.29, 1.82) is 0 Å². The average molecular weight is 328 g/mol. The summed E-state index contributed by atoms with van der Waals surface area (Å²) in [6.45, 7) is 2.79. The highest BCUT2D eigenvalue weighted by atomic mass is 16.3. The fourth-order valence-electron chi connectivity index (χ4n) is 3.67. The highest BCUT2D eigenvalue weighted by Crippen LogP contribution is 2.35. The van der Waals surface area contributed by atoms with Crippen LogP contribution in [-0.2, 0) is 0 Å². The number of carbonyl (C=O) groups is 1. The van der Waals surface area contributed by atoms with Gasteiger partial charge in [0.15, 0.2) is 0 Å². The standard InChI is InChI=1S/C19H24N2O3/c1-2-8-19(13-22)12-21(9-7-17(19)23)18(24)15-10-14-5-3-4-6-16(14)20-11-15/h3-6,10-11,17,22-23H,2,7-9,12-13H2,1H3/t17-,19+/m1/s1. The maximum atomic E-state index is 12.9. The summed E-state index contributed by atoms with van der Waals surface area (Å²) in [5, 5.41) is 21.1. The fourth-order valence-corrected chi connectivity index (χ4v) is 3.67. The van der Waals surface area contributed by atoms with Crippen molar-refractivity contribution in [3.05, 3.63) is 42.1 Å². The van der Waals surface area contributed by atoms with Gasteiger partial charge in [-0.2, -0.15) is 0 Å². The number of para-hydroxylation sites is 1. The zero-order valence-electron chi connectivity index (χ0n) is 14.0. The minimum Gasteiger partial charge on any atom is -0.396 e. The van der Waals surface area contributed by atoms with E-state index in [-0.39, 0.29) is 12.5 Å². The third-order valence-corrected chi connectivity index (χ3v) is 5.07. The summed E-state index contributed by atoms with van der Waals surface area (Å²) in [6, 6.07) is 9.56.